The molecule has 1 saturated carbocycles. The number of aliphatic hydroxyl groups is 1. The lowest BCUT2D eigenvalue weighted by atomic mass is 9.94. The molecule has 0 spiro atoms. The van der Waals surface area contributed by atoms with Crippen molar-refractivity contribution in [2.45, 2.75) is 55.2 Å². The van der Waals surface area contributed by atoms with Crippen LogP contribution in [0.3, 0.4) is 0 Å². The summed E-state index contributed by atoms with van der Waals surface area (Å²) in [6.45, 7) is 1.27. The van der Waals surface area contributed by atoms with Gasteiger partial charge in [0.1, 0.15) is 4.90 Å². The number of hydrogen-bond donors (Lipinski definition) is 2. The van der Waals surface area contributed by atoms with E-state index in [1.165, 1.54) is 6.20 Å². The van der Waals surface area contributed by atoms with Gasteiger partial charge < -0.3 is 9.84 Å². The summed E-state index contributed by atoms with van der Waals surface area (Å²) in [5.74, 6) is 0. The van der Waals surface area contributed by atoms with Crippen LogP contribution in [-0.4, -0.2) is 48.7 Å². The molecule has 2 aliphatic rings. The number of aliphatic hydroxyl groups excluding tert-OH is 1. The number of aromatic nitrogens is 2. The number of hydrogen-bond acceptors (Lipinski definition) is 5. The summed E-state index contributed by atoms with van der Waals surface area (Å²) in [6, 6.07) is 0.0235. The molecule has 1 atom stereocenters. The van der Waals surface area contributed by atoms with E-state index < -0.39 is 10.0 Å². The number of nitrogens with zero attached hydrogens (tertiary/aromatic N) is 2. The fourth-order valence-corrected chi connectivity index (χ4v) is 4.11. The Kier molecular flexibility index (Phi) is 4.30. The molecule has 1 saturated heterocycles. The molecule has 118 valence electrons. The molecule has 1 unspecified atom stereocenters. The number of sulfonamides is 1. The SMILES string of the molecule is O=S(=O)(NC1CCC(O)CC1)c1cnn(C2CCOC2)c1. The van der Waals surface area contributed by atoms with Crippen LogP contribution < -0.4 is 4.72 Å². The van der Waals surface area contributed by atoms with E-state index >= 15 is 0 Å². The van der Waals surface area contributed by atoms with Crippen LogP contribution in [0, 0.1) is 0 Å². The summed E-state index contributed by atoms with van der Waals surface area (Å²) in [7, 11) is -3.54. The molecule has 2 fully saturated rings. The lowest BCUT2D eigenvalue weighted by Gasteiger charge is -2.25. The summed E-state index contributed by atoms with van der Waals surface area (Å²) < 4.78 is 34.4. The number of nitrogens with one attached hydrogen (secondary N) is 1. The number of ether oxygens (including phenoxy) is 1. The van der Waals surface area contributed by atoms with Crippen LogP contribution in [0.5, 0.6) is 0 Å². The Morgan fingerprint density at radius 2 is 2.05 bits per heavy atom. The summed E-state index contributed by atoms with van der Waals surface area (Å²) in [5.41, 5.74) is 0. The first-order valence-electron chi connectivity index (χ1n) is 7.37. The molecule has 0 aromatic carbocycles. The van der Waals surface area contributed by atoms with Crippen LogP contribution >= 0.6 is 0 Å². The fourth-order valence-electron chi connectivity index (χ4n) is 2.87. The molecule has 0 amide bonds. The molecule has 1 aliphatic carbocycles. The third-order valence-corrected chi connectivity index (χ3v) is 5.66. The van der Waals surface area contributed by atoms with Gasteiger partial charge in [-0.05, 0) is 32.1 Å². The van der Waals surface area contributed by atoms with Crippen LogP contribution in [0.4, 0.5) is 0 Å². The molecule has 2 N–H and O–H groups in total. The maximum Gasteiger partial charge on any atom is 0.243 e. The quantitative estimate of drug-likeness (QED) is 0.840. The largest absolute Gasteiger partial charge is 0.393 e. The van der Waals surface area contributed by atoms with Crippen molar-refractivity contribution in [3.8, 4) is 0 Å². The van der Waals surface area contributed by atoms with Gasteiger partial charge in [-0.2, -0.15) is 5.10 Å². The molecule has 0 radical (unpaired) electrons. The Bertz CT molecular complexity index is 572. The fraction of sp³-hybridized carbons (Fsp3) is 0.769. The lowest BCUT2D eigenvalue weighted by Crippen LogP contribution is -2.38. The van der Waals surface area contributed by atoms with Gasteiger partial charge in [-0.1, -0.05) is 0 Å². The third kappa shape index (κ3) is 3.45. The first kappa shape index (κ1) is 15.0. The molecule has 1 aliphatic heterocycles. The van der Waals surface area contributed by atoms with Crippen molar-refractivity contribution in [3.05, 3.63) is 12.4 Å². The summed E-state index contributed by atoms with van der Waals surface area (Å²) in [6.07, 6.45) is 6.15. The van der Waals surface area contributed by atoms with Gasteiger partial charge in [0.2, 0.25) is 10.0 Å². The molecule has 21 heavy (non-hydrogen) atoms. The van der Waals surface area contributed by atoms with Gasteiger partial charge in [-0.3, -0.25) is 4.68 Å². The van der Waals surface area contributed by atoms with Crippen LogP contribution in [0.25, 0.3) is 0 Å². The van der Waals surface area contributed by atoms with Gasteiger partial charge >= 0.3 is 0 Å². The van der Waals surface area contributed by atoms with Crippen molar-refractivity contribution in [1.29, 1.82) is 0 Å². The van der Waals surface area contributed by atoms with E-state index in [-0.39, 0.29) is 23.1 Å². The molecule has 2 heterocycles. The van der Waals surface area contributed by atoms with Crippen molar-refractivity contribution < 1.29 is 18.3 Å². The topological polar surface area (TPSA) is 93.5 Å². The van der Waals surface area contributed by atoms with E-state index in [0.29, 0.717) is 38.9 Å². The zero-order chi connectivity index (χ0) is 14.9. The summed E-state index contributed by atoms with van der Waals surface area (Å²) in [5, 5.41) is 13.6. The molecule has 3 rings (SSSR count). The van der Waals surface area contributed by atoms with Gasteiger partial charge in [0.25, 0.3) is 0 Å². The van der Waals surface area contributed by atoms with Crippen molar-refractivity contribution in [2.24, 2.45) is 0 Å². The summed E-state index contributed by atoms with van der Waals surface area (Å²) >= 11 is 0. The Morgan fingerprint density at radius 3 is 2.71 bits per heavy atom. The van der Waals surface area contributed by atoms with Crippen LogP contribution in [0.15, 0.2) is 17.3 Å². The lowest BCUT2D eigenvalue weighted by molar-refractivity contribution is 0.120. The Labute approximate surface area is 124 Å². The highest BCUT2D eigenvalue weighted by atomic mass is 32.2. The minimum absolute atomic E-state index is 0.100. The second kappa shape index (κ2) is 6.04. The van der Waals surface area contributed by atoms with Gasteiger partial charge in [0.15, 0.2) is 0 Å². The predicted octanol–water partition coefficient (Wildman–Crippen LogP) is 0.426. The van der Waals surface area contributed by atoms with E-state index in [1.807, 2.05) is 0 Å². The predicted molar refractivity (Wildman–Crippen MR) is 75.3 cm³/mol. The first-order chi connectivity index (χ1) is 10.0. The highest BCUT2D eigenvalue weighted by molar-refractivity contribution is 7.89. The molecular formula is C13H21N3O4S. The number of rotatable bonds is 4. The zero-order valence-electron chi connectivity index (χ0n) is 11.8. The Morgan fingerprint density at radius 1 is 1.29 bits per heavy atom. The maximum absolute atomic E-state index is 12.4. The molecule has 0 bridgehead atoms. The van der Waals surface area contributed by atoms with Crippen LogP contribution in [0.2, 0.25) is 0 Å². The highest BCUT2D eigenvalue weighted by Gasteiger charge is 2.27. The van der Waals surface area contributed by atoms with Gasteiger partial charge in [-0.25, -0.2) is 13.1 Å². The smallest absolute Gasteiger partial charge is 0.243 e. The van der Waals surface area contributed by atoms with Crippen molar-refractivity contribution in [2.75, 3.05) is 13.2 Å². The van der Waals surface area contributed by atoms with E-state index in [4.69, 9.17) is 4.74 Å². The minimum atomic E-state index is -3.54. The van der Waals surface area contributed by atoms with Gasteiger partial charge in [0.05, 0.1) is 24.9 Å². The second-order valence-corrected chi connectivity index (χ2v) is 7.51. The normalized spacial score (nSPS) is 30.6. The van der Waals surface area contributed by atoms with E-state index in [0.717, 1.165) is 6.42 Å². The average molecular weight is 315 g/mol. The van der Waals surface area contributed by atoms with Gasteiger partial charge in [0, 0.05) is 18.8 Å². The third-order valence-electron chi connectivity index (χ3n) is 4.19. The molecule has 7 nitrogen and oxygen atoms in total. The summed E-state index contributed by atoms with van der Waals surface area (Å²) in [4.78, 5) is 0.195. The molecular weight excluding hydrogens is 294 g/mol. The monoisotopic (exact) mass is 315 g/mol. The van der Waals surface area contributed by atoms with Crippen LogP contribution in [0.1, 0.15) is 38.1 Å². The molecule has 8 heteroatoms. The Hall–Kier alpha value is -0.960. The zero-order valence-corrected chi connectivity index (χ0v) is 12.6. The van der Waals surface area contributed by atoms with E-state index in [9.17, 15) is 13.5 Å². The minimum Gasteiger partial charge on any atom is -0.393 e. The van der Waals surface area contributed by atoms with Crippen molar-refractivity contribution >= 4 is 10.0 Å². The maximum atomic E-state index is 12.4. The van der Waals surface area contributed by atoms with Crippen molar-refractivity contribution in [3.63, 3.8) is 0 Å². The first-order valence-corrected chi connectivity index (χ1v) is 8.85. The molecule has 1 aromatic rings. The molecule has 1 aromatic heterocycles. The highest BCUT2D eigenvalue weighted by Crippen LogP contribution is 2.22. The second-order valence-electron chi connectivity index (χ2n) is 5.80. The van der Waals surface area contributed by atoms with E-state index in [1.54, 1.807) is 10.9 Å². The Balaban J connectivity index is 1.67. The van der Waals surface area contributed by atoms with E-state index in [2.05, 4.69) is 9.82 Å². The van der Waals surface area contributed by atoms with Gasteiger partial charge in [-0.15, -0.1) is 0 Å². The standard InChI is InChI=1S/C13H21N3O4S/c17-12-3-1-10(2-4-12)15-21(18,19)13-7-14-16(8-13)11-5-6-20-9-11/h7-8,10-12,15,17H,1-6,9H2. The van der Waals surface area contributed by atoms with Crippen LogP contribution in [-0.2, 0) is 14.8 Å². The van der Waals surface area contributed by atoms with Crippen molar-refractivity contribution in [1.82, 2.24) is 14.5 Å². The average Bonchev–Trinajstić information content (AvgIpc) is 3.11.